The summed E-state index contributed by atoms with van der Waals surface area (Å²) >= 11 is 12.4. The van der Waals surface area contributed by atoms with Crippen molar-refractivity contribution in [2.45, 2.75) is 19.9 Å². The summed E-state index contributed by atoms with van der Waals surface area (Å²) in [6.07, 6.45) is 0. The third-order valence-electron chi connectivity index (χ3n) is 5.85. The van der Waals surface area contributed by atoms with Gasteiger partial charge in [0.15, 0.2) is 5.43 Å². The number of amides is 1. The summed E-state index contributed by atoms with van der Waals surface area (Å²) in [4.78, 5) is 28.6. The number of hydrogen-bond donors (Lipinski definition) is 0. The van der Waals surface area contributed by atoms with Crippen molar-refractivity contribution in [2.24, 2.45) is 0 Å². The molecule has 7 heteroatoms. The maximum Gasteiger partial charge on any atom is 0.295 e. The van der Waals surface area contributed by atoms with Gasteiger partial charge in [0.25, 0.3) is 5.91 Å². The van der Waals surface area contributed by atoms with E-state index >= 15 is 0 Å². The molecule has 0 spiro atoms. The van der Waals surface area contributed by atoms with Crippen molar-refractivity contribution >= 4 is 45.8 Å². The van der Waals surface area contributed by atoms with E-state index in [0.717, 1.165) is 11.1 Å². The smallest absolute Gasteiger partial charge is 0.295 e. The predicted octanol–water partition coefficient (Wildman–Crippen LogP) is 6.61. The van der Waals surface area contributed by atoms with Crippen LogP contribution in [0.1, 0.15) is 38.9 Å². The first-order valence-corrected chi connectivity index (χ1v) is 10.6. The van der Waals surface area contributed by atoms with E-state index in [2.05, 4.69) is 0 Å². The van der Waals surface area contributed by atoms with Crippen LogP contribution in [0.4, 0.5) is 10.1 Å². The highest BCUT2D eigenvalue weighted by molar-refractivity contribution is 6.42. The second-order valence-corrected chi connectivity index (χ2v) is 8.65. The fourth-order valence-corrected chi connectivity index (χ4v) is 4.40. The molecular formula is C25H16Cl2FNO3. The van der Waals surface area contributed by atoms with Crippen LogP contribution in [-0.4, -0.2) is 5.91 Å². The summed E-state index contributed by atoms with van der Waals surface area (Å²) in [6.45, 7) is 3.82. The molecule has 2 heterocycles. The van der Waals surface area contributed by atoms with Crippen molar-refractivity contribution < 1.29 is 13.6 Å². The highest BCUT2D eigenvalue weighted by Crippen LogP contribution is 2.42. The van der Waals surface area contributed by atoms with E-state index in [0.29, 0.717) is 32.3 Å². The van der Waals surface area contributed by atoms with Crippen LogP contribution < -0.4 is 10.3 Å². The van der Waals surface area contributed by atoms with E-state index in [9.17, 15) is 14.0 Å². The Hall–Kier alpha value is -3.15. The van der Waals surface area contributed by atoms with Crippen LogP contribution in [0.3, 0.4) is 0 Å². The zero-order valence-corrected chi connectivity index (χ0v) is 18.6. The predicted molar refractivity (Wildman–Crippen MR) is 123 cm³/mol. The van der Waals surface area contributed by atoms with Gasteiger partial charge in [0.2, 0.25) is 5.76 Å². The van der Waals surface area contributed by atoms with Gasteiger partial charge >= 0.3 is 0 Å². The molecule has 1 unspecified atom stereocenters. The van der Waals surface area contributed by atoms with Crippen LogP contribution in [0, 0.1) is 19.7 Å². The molecule has 5 rings (SSSR count). The fraction of sp³-hybridized carbons (Fsp3) is 0.120. The molecule has 0 N–H and O–H groups in total. The lowest BCUT2D eigenvalue weighted by Crippen LogP contribution is -2.29. The van der Waals surface area contributed by atoms with Gasteiger partial charge in [-0.1, -0.05) is 29.3 Å². The Morgan fingerprint density at radius 3 is 2.28 bits per heavy atom. The first kappa shape index (κ1) is 20.7. The normalized spacial score (nSPS) is 15.5. The summed E-state index contributed by atoms with van der Waals surface area (Å²) in [5.74, 6) is -0.957. The van der Waals surface area contributed by atoms with Gasteiger partial charge in [-0.25, -0.2) is 4.39 Å². The van der Waals surface area contributed by atoms with Gasteiger partial charge in [-0.3, -0.25) is 14.5 Å². The number of halogens is 3. The van der Waals surface area contributed by atoms with Crippen LogP contribution in [0.2, 0.25) is 10.0 Å². The molecule has 0 aliphatic carbocycles. The molecule has 0 saturated heterocycles. The second kappa shape index (κ2) is 7.47. The second-order valence-electron chi connectivity index (χ2n) is 7.83. The monoisotopic (exact) mass is 467 g/mol. The minimum atomic E-state index is -0.806. The Kier molecular flexibility index (Phi) is 4.84. The topological polar surface area (TPSA) is 50.5 Å². The average Bonchev–Trinajstić information content (AvgIpc) is 3.05. The van der Waals surface area contributed by atoms with E-state index in [1.54, 1.807) is 30.3 Å². The zero-order chi connectivity index (χ0) is 22.7. The van der Waals surface area contributed by atoms with Gasteiger partial charge in [0, 0.05) is 5.69 Å². The molecule has 0 saturated carbocycles. The quantitative estimate of drug-likeness (QED) is 0.333. The number of nitrogens with zero attached hydrogens (tertiary/aromatic N) is 1. The molecule has 1 atom stereocenters. The Balaban J connectivity index is 1.83. The number of hydrogen-bond acceptors (Lipinski definition) is 3. The number of fused-ring (bicyclic) bond motifs is 2. The SMILES string of the molecule is Cc1cc2oc3c(c(=O)c2cc1C)C(c1ccc(Cl)c(Cl)c1)N(c1ccc(F)cc1)C3=O. The minimum absolute atomic E-state index is 0.0360. The van der Waals surface area contributed by atoms with Crippen LogP contribution in [-0.2, 0) is 0 Å². The summed E-state index contributed by atoms with van der Waals surface area (Å²) in [5, 5.41) is 1.04. The molecule has 1 aliphatic rings. The van der Waals surface area contributed by atoms with E-state index in [4.69, 9.17) is 27.6 Å². The number of aryl methyl sites for hydroxylation is 2. The molecular weight excluding hydrogens is 452 g/mol. The van der Waals surface area contributed by atoms with E-state index < -0.39 is 17.8 Å². The van der Waals surface area contributed by atoms with Crippen LogP contribution in [0.15, 0.2) is 63.8 Å². The lowest BCUT2D eigenvalue weighted by atomic mass is 9.97. The molecule has 4 aromatic rings. The van der Waals surface area contributed by atoms with Crippen molar-refractivity contribution in [1.29, 1.82) is 0 Å². The van der Waals surface area contributed by atoms with Crippen molar-refractivity contribution in [3.05, 3.63) is 109 Å². The largest absolute Gasteiger partial charge is 0.450 e. The molecule has 1 amide bonds. The molecule has 1 aliphatic heterocycles. The van der Waals surface area contributed by atoms with Gasteiger partial charge in [-0.2, -0.15) is 0 Å². The van der Waals surface area contributed by atoms with Crippen molar-refractivity contribution in [2.75, 3.05) is 4.90 Å². The van der Waals surface area contributed by atoms with E-state index in [1.807, 2.05) is 13.8 Å². The van der Waals surface area contributed by atoms with E-state index in [-0.39, 0.29) is 16.8 Å². The number of anilines is 1. The number of carbonyl (C=O) groups is 1. The van der Waals surface area contributed by atoms with Gasteiger partial charge in [-0.05, 0) is 79.1 Å². The third kappa shape index (κ3) is 3.12. The van der Waals surface area contributed by atoms with Crippen molar-refractivity contribution in [3.8, 4) is 0 Å². The number of benzene rings is 3. The maximum absolute atomic E-state index is 13.6. The third-order valence-corrected chi connectivity index (χ3v) is 6.59. The molecule has 1 aromatic heterocycles. The molecule has 4 nitrogen and oxygen atoms in total. The number of carbonyl (C=O) groups excluding carboxylic acids is 1. The van der Waals surface area contributed by atoms with Crippen molar-refractivity contribution in [3.63, 3.8) is 0 Å². The van der Waals surface area contributed by atoms with Gasteiger partial charge in [0.05, 0.1) is 27.0 Å². The van der Waals surface area contributed by atoms with Gasteiger partial charge in [-0.15, -0.1) is 0 Å². The first-order valence-electron chi connectivity index (χ1n) is 9.88. The Bertz CT molecular complexity index is 1480. The highest BCUT2D eigenvalue weighted by Gasteiger charge is 2.43. The van der Waals surface area contributed by atoms with Crippen LogP contribution >= 0.6 is 23.2 Å². The van der Waals surface area contributed by atoms with Crippen LogP contribution in [0.25, 0.3) is 11.0 Å². The Morgan fingerprint density at radius 2 is 1.59 bits per heavy atom. The van der Waals surface area contributed by atoms with Crippen molar-refractivity contribution in [1.82, 2.24) is 0 Å². The lowest BCUT2D eigenvalue weighted by Gasteiger charge is -2.25. The van der Waals surface area contributed by atoms with E-state index in [1.165, 1.54) is 29.2 Å². The molecule has 160 valence electrons. The summed E-state index contributed by atoms with van der Waals surface area (Å²) in [7, 11) is 0. The summed E-state index contributed by atoms with van der Waals surface area (Å²) < 4.78 is 19.6. The summed E-state index contributed by atoms with van der Waals surface area (Å²) in [5.41, 5.74) is 3.17. The minimum Gasteiger partial charge on any atom is -0.450 e. The molecule has 0 radical (unpaired) electrons. The maximum atomic E-state index is 13.6. The van der Waals surface area contributed by atoms with Gasteiger partial charge in [0.1, 0.15) is 11.4 Å². The molecule has 0 bridgehead atoms. The number of rotatable bonds is 2. The standard InChI is InChI=1S/C25H16Cl2FNO3/c1-12-9-17-20(10-13(12)2)32-24-21(23(17)30)22(14-3-8-18(26)19(27)11-14)29(25(24)31)16-6-4-15(28)5-7-16/h3-11,22H,1-2H3. The lowest BCUT2D eigenvalue weighted by molar-refractivity contribution is 0.0971. The first-order chi connectivity index (χ1) is 15.3. The molecule has 3 aromatic carbocycles. The Morgan fingerprint density at radius 1 is 0.906 bits per heavy atom. The Labute approximate surface area is 192 Å². The molecule has 0 fully saturated rings. The average molecular weight is 468 g/mol. The fourth-order valence-electron chi connectivity index (χ4n) is 4.09. The van der Waals surface area contributed by atoms with Crippen LogP contribution in [0.5, 0.6) is 0 Å². The molecule has 32 heavy (non-hydrogen) atoms. The highest BCUT2D eigenvalue weighted by atomic mass is 35.5. The van der Waals surface area contributed by atoms with Gasteiger partial charge < -0.3 is 4.42 Å². The summed E-state index contributed by atoms with van der Waals surface area (Å²) in [6, 6.07) is 13.2. The zero-order valence-electron chi connectivity index (χ0n) is 17.1.